The van der Waals surface area contributed by atoms with E-state index in [4.69, 9.17) is 4.74 Å². The highest BCUT2D eigenvalue weighted by atomic mass is 32.2. The maximum atomic E-state index is 13.3. The van der Waals surface area contributed by atoms with E-state index in [9.17, 15) is 14.4 Å². The Bertz CT molecular complexity index is 1180. The second-order valence-corrected chi connectivity index (χ2v) is 8.80. The van der Waals surface area contributed by atoms with E-state index < -0.39 is 5.97 Å². The number of fused-ring (bicyclic) bond motifs is 1. The minimum absolute atomic E-state index is 0.0931. The van der Waals surface area contributed by atoms with Crippen LogP contribution in [0.1, 0.15) is 42.6 Å². The van der Waals surface area contributed by atoms with Gasteiger partial charge in [0, 0.05) is 12.6 Å². The van der Waals surface area contributed by atoms with Crippen LogP contribution >= 0.6 is 11.8 Å². The Morgan fingerprint density at radius 2 is 1.94 bits per heavy atom. The van der Waals surface area contributed by atoms with Crippen LogP contribution in [0.3, 0.4) is 0 Å². The molecule has 0 aliphatic carbocycles. The summed E-state index contributed by atoms with van der Waals surface area (Å²) in [5, 5.41) is 3.84. The first-order chi connectivity index (χ1) is 15.9. The first kappa shape index (κ1) is 24.5. The van der Waals surface area contributed by atoms with Gasteiger partial charge in [-0.2, -0.15) is 0 Å². The maximum Gasteiger partial charge on any atom is 0.337 e. The van der Waals surface area contributed by atoms with Gasteiger partial charge in [-0.3, -0.25) is 14.2 Å². The van der Waals surface area contributed by atoms with E-state index in [1.54, 1.807) is 22.8 Å². The summed E-state index contributed by atoms with van der Waals surface area (Å²) in [7, 11) is 1.31. The quantitative estimate of drug-likeness (QED) is 0.277. The van der Waals surface area contributed by atoms with Gasteiger partial charge in [-0.25, -0.2) is 9.78 Å². The number of carbonyl (C=O) groups is 2. The zero-order valence-corrected chi connectivity index (χ0v) is 20.0. The van der Waals surface area contributed by atoms with Crippen molar-refractivity contribution in [1.29, 1.82) is 0 Å². The number of hydrogen-bond donors (Lipinski definition) is 1. The summed E-state index contributed by atoms with van der Waals surface area (Å²) < 4.78 is 6.40. The first-order valence-corrected chi connectivity index (χ1v) is 12.0. The lowest BCUT2D eigenvalue weighted by atomic mass is 10.1. The normalized spacial score (nSPS) is 11.8. The molecule has 0 aliphatic heterocycles. The van der Waals surface area contributed by atoms with Crippen molar-refractivity contribution in [3.63, 3.8) is 0 Å². The Morgan fingerprint density at radius 1 is 1.18 bits per heavy atom. The average Bonchev–Trinajstić information content (AvgIpc) is 2.82. The number of thioether (sulfide) groups is 1. The van der Waals surface area contributed by atoms with Crippen molar-refractivity contribution in [3.8, 4) is 0 Å². The molecule has 0 radical (unpaired) electrons. The van der Waals surface area contributed by atoms with Crippen LogP contribution in [-0.4, -0.2) is 40.3 Å². The van der Waals surface area contributed by atoms with Crippen molar-refractivity contribution >= 4 is 34.5 Å². The fraction of sp³-hybridized carbons (Fsp3) is 0.360. The highest BCUT2D eigenvalue weighted by Crippen LogP contribution is 2.20. The molecule has 1 amide bonds. The second-order valence-electron chi connectivity index (χ2n) is 7.86. The van der Waals surface area contributed by atoms with Gasteiger partial charge >= 0.3 is 5.97 Å². The Balaban J connectivity index is 1.92. The molecule has 1 atom stereocenters. The summed E-state index contributed by atoms with van der Waals surface area (Å²) in [6.45, 7) is 4.48. The van der Waals surface area contributed by atoms with Gasteiger partial charge in [-0.15, -0.1) is 0 Å². The summed E-state index contributed by atoms with van der Waals surface area (Å²) in [6, 6.07) is 14.7. The molecular formula is C25H29N3O4S. The zero-order chi connectivity index (χ0) is 23.8. The van der Waals surface area contributed by atoms with Crippen LogP contribution in [0, 0.1) is 0 Å². The third-order valence-electron chi connectivity index (χ3n) is 5.27. The van der Waals surface area contributed by atoms with Gasteiger partial charge in [-0.05, 0) is 43.5 Å². The Hall–Kier alpha value is -3.13. The van der Waals surface area contributed by atoms with E-state index in [1.807, 2.05) is 37.3 Å². The van der Waals surface area contributed by atoms with Crippen LogP contribution in [0.4, 0.5) is 0 Å². The van der Waals surface area contributed by atoms with E-state index in [2.05, 4.69) is 17.2 Å². The second kappa shape index (κ2) is 11.7. The predicted octanol–water partition coefficient (Wildman–Crippen LogP) is 3.82. The highest BCUT2D eigenvalue weighted by Gasteiger charge is 2.16. The number of nitrogens with zero attached hydrogens (tertiary/aromatic N) is 2. The molecule has 1 unspecified atom stereocenters. The van der Waals surface area contributed by atoms with Gasteiger partial charge < -0.3 is 10.1 Å². The molecule has 174 valence electrons. The summed E-state index contributed by atoms with van der Waals surface area (Å²) in [5.41, 5.74) is 1.63. The molecule has 0 fully saturated rings. The van der Waals surface area contributed by atoms with Crippen molar-refractivity contribution in [3.05, 3.63) is 70.0 Å². The van der Waals surface area contributed by atoms with Crippen molar-refractivity contribution in [1.82, 2.24) is 14.9 Å². The number of amides is 1. The molecule has 0 aliphatic rings. The minimum atomic E-state index is -0.495. The van der Waals surface area contributed by atoms with E-state index in [0.717, 1.165) is 18.4 Å². The molecule has 2 aromatic carbocycles. The molecule has 3 rings (SSSR count). The summed E-state index contributed by atoms with van der Waals surface area (Å²) >= 11 is 1.22. The van der Waals surface area contributed by atoms with Gasteiger partial charge in [0.15, 0.2) is 5.16 Å². The number of hydrogen-bond acceptors (Lipinski definition) is 6. The molecule has 33 heavy (non-hydrogen) atoms. The number of nitrogens with one attached hydrogen (secondary N) is 1. The Kier molecular flexibility index (Phi) is 8.65. The number of aromatic nitrogens is 2. The minimum Gasteiger partial charge on any atom is -0.465 e. The van der Waals surface area contributed by atoms with Crippen molar-refractivity contribution < 1.29 is 14.3 Å². The lowest BCUT2D eigenvalue weighted by Gasteiger charge is -2.15. The van der Waals surface area contributed by atoms with Crippen LogP contribution in [0.15, 0.2) is 58.5 Å². The first-order valence-electron chi connectivity index (χ1n) is 11.0. The third kappa shape index (κ3) is 6.44. The third-order valence-corrected chi connectivity index (χ3v) is 6.25. The molecule has 0 saturated heterocycles. The largest absolute Gasteiger partial charge is 0.465 e. The molecule has 1 aromatic heterocycles. The van der Waals surface area contributed by atoms with Crippen LogP contribution in [0.2, 0.25) is 0 Å². The standard InChI is InChI=1S/C25H29N3O4S/c1-4-8-17(2)26-22(29)16-33-25-27-21-15-19(24(31)32-3)11-12-20(21)23(30)28(25)14-13-18-9-6-5-7-10-18/h5-7,9-12,15,17H,4,8,13-14,16H2,1-3H3,(H,26,29). The maximum absolute atomic E-state index is 13.3. The topological polar surface area (TPSA) is 90.3 Å². The van der Waals surface area contributed by atoms with E-state index >= 15 is 0 Å². The highest BCUT2D eigenvalue weighted by molar-refractivity contribution is 7.99. The number of rotatable bonds is 10. The monoisotopic (exact) mass is 467 g/mol. The number of aryl methyl sites for hydroxylation is 1. The van der Waals surface area contributed by atoms with Crippen LogP contribution in [0.5, 0.6) is 0 Å². The summed E-state index contributed by atoms with van der Waals surface area (Å²) in [6.07, 6.45) is 2.55. The molecule has 1 heterocycles. The van der Waals surface area contributed by atoms with Crippen LogP contribution in [-0.2, 0) is 22.5 Å². The predicted molar refractivity (Wildman–Crippen MR) is 131 cm³/mol. The van der Waals surface area contributed by atoms with E-state index in [0.29, 0.717) is 34.6 Å². The Morgan fingerprint density at radius 3 is 2.64 bits per heavy atom. The van der Waals surface area contributed by atoms with Crippen molar-refractivity contribution in [2.45, 2.75) is 50.9 Å². The van der Waals surface area contributed by atoms with Gasteiger partial charge in [-0.1, -0.05) is 55.4 Å². The van der Waals surface area contributed by atoms with Crippen molar-refractivity contribution in [2.75, 3.05) is 12.9 Å². The Labute approximate surface area is 197 Å². The van der Waals surface area contributed by atoms with Gasteiger partial charge in [0.2, 0.25) is 5.91 Å². The smallest absolute Gasteiger partial charge is 0.337 e. The molecule has 3 aromatic rings. The molecule has 7 nitrogen and oxygen atoms in total. The van der Waals surface area contributed by atoms with Gasteiger partial charge in [0.05, 0.1) is 29.3 Å². The molecule has 0 spiro atoms. The molecule has 0 saturated carbocycles. The summed E-state index contributed by atoms with van der Waals surface area (Å²) in [5.74, 6) is -0.452. The number of ether oxygens (including phenoxy) is 1. The molecule has 1 N–H and O–H groups in total. The number of carbonyl (C=O) groups excluding carboxylic acids is 2. The number of methoxy groups -OCH3 is 1. The molecule has 8 heteroatoms. The van der Waals surface area contributed by atoms with Gasteiger partial charge in [0.1, 0.15) is 0 Å². The fourth-order valence-electron chi connectivity index (χ4n) is 3.59. The van der Waals surface area contributed by atoms with E-state index in [1.165, 1.54) is 18.9 Å². The summed E-state index contributed by atoms with van der Waals surface area (Å²) in [4.78, 5) is 42.3. The van der Waals surface area contributed by atoms with Crippen LogP contribution < -0.4 is 10.9 Å². The van der Waals surface area contributed by atoms with E-state index in [-0.39, 0.29) is 23.3 Å². The lowest BCUT2D eigenvalue weighted by molar-refractivity contribution is -0.119. The molecule has 0 bridgehead atoms. The fourth-order valence-corrected chi connectivity index (χ4v) is 4.43. The SMILES string of the molecule is CCCC(C)NC(=O)CSc1nc2cc(C(=O)OC)ccc2c(=O)n1CCc1ccccc1. The zero-order valence-electron chi connectivity index (χ0n) is 19.2. The average molecular weight is 468 g/mol. The molecular weight excluding hydrogens is 438 g/mol. The van der Waals surface area contributed by atoms with Crippen molar-refractivity contribution in [2.24, 2.45) is 0 Å². The van der Waals surface area contributed by atoms with Gasteiger partial charge in [0.25, 0.3) is 5.56 Å². The van der Waals surface area contributed by atoms with Crippen LogP contribution in [0.25, 0.3) is 10.9 Å². The lowest BCUT2D eigenvalue weighted by Crippen LogP contribution is -2.34. The number of benzene rings is 2. The number of esters is 1.